The Morgan fingerprint density at radius 1 is 1.22 bits per heavy atom. The second kappa shape index (κ2) is 6.49. The second-order valence-corrected chi connectivity index (χ2v) is 5.77. The van der Waals surface area contributed by atoms with Crippen LogP contribution >= 0.6 is 0 Å². The normalized spacial score (nSPS) is 10.6. The van der Waals surface area contributed by atoms with Crippen molar-refractivity contribution in [3.63, 3.8) is 0 Å². The first-order valence-electron chi connectivity index (χ1n) is 4.21. The molecule has 0 aliphatic carbocycles. The Labute approximate surface area is 142 Å². The fraction of sp³-hybridized carbons (Fsp3) is 0. The largest absolute Gasteiger partial charge is 1.00 e. The van der Waals surface area contributed by atoms with E-state index in [0.717, 1.165) is 12.1 Å². The molecule has 0 radical (unpaired) electrons. The number of hydrogen-bond donors (Lipinski definition) is 2. The van der Waals surface area contributed by atoms with E-state index in [-0.39, 0.29) is 29.6 Å². The van der Waals surface area contributed by atoms with Crippen molar-refractivity contribution in [3.8, 4) is 0 Å². The molecule has 1 rings (SSSR count). The predicted octanol–water partition coefficient (Wildman–Crippen LogP) is -5.21. The van der Waals surface area contributed by atoms with E-state index < -0.39 is 38.1 Å². The van der Waals surface area contributed by atoms with Crippen LogP contribution in [0.25, 0.3) is 0 Å². The van der Waals surface area contributed by atoms with Crippen molar-refractivity contribution in [2.75, 3.05) is 0 Å². The van der Waals surface area contributed by atoms with Gasteiger partial charge in [0.25, 0.3) is 0 Å². The zero-order chi connectivity index (χ0) is 13.4. The first-order chi connectivity index (χ1) is 7.64. The van der Waals surface area contributed by atoms with Gasteiger partial charge < -0.3 is 0 Å². The Kier molecular flexibility index (Phi) is 6.51. The van der Waals surface area contributed by atoms with Crippen LogP contribution in [0.4, 0.5) is 0 Å². The van der Waals surface area contributed by atoms with Crippen LogP contribution in [0.15, 0.2) is 17.0 Å². The van der Waals surface area contributed by atoms with Crippen LogP contribution < -0.4 is 37.5 Å². The van der Waals surface area contributed by atoms with Crippen molar-refractivity contribution in [2.45, 2.75) is 4.90 Å². The Balaban J connectivity index is 0.00000289. The second-order valence-electron chi connectivity index (χ2n) is 3.26. The number of carbonyl (C=O) groups excluding carboxylic acids is 1. The molecule has 0 amide bonds. The van der Waals surface area contributed by atoms with Crippen LogP contribution in [0.3, 0.4) is 0 Å². The van der Waals surface area contributed by atoms with E-state index in [9.17, 15) is 23.1 Å². The summed E-state index contributed by atoms with van der Waals surface area (Å²) >= 11 is 0.316. The van der Waals surface area contributed by atoms with Crippen LogP contribution in [0.1, 0.15) is 20.7 Å². The van der Waals surface area contributed by atoms with Gasteiger partial charge in [-0.1, -0.05) is 0 Å². The van der Waals surface area contributed by atoms with Gasteiger partial charge in [-0.25, -0.2) is 0 Å². The summed E-state index contributed by atoms with van der Waals surface area (Å²) in [5.41, 5.74) is -1.63. The minimum atomic E-state index is -4.96. The van der Waals surface area contributed by atoms with E-state index in [1.165, 1.54) is 0 Å². The smallest absolute Gasteiger partial charge is 1.00 e. The summed E-state index contributed by atoms with van der Waals surface area (Å²) in [6.45, 7) is 0. The Morgan fingerprint density at radius 2 is 1.67 bits per heavy atom. The zero-order valence-corrected chi connectivity index (χ0v) is 14.3. The van der Waals surface area contributed by atoms with Crippen LogP contribution in [0, 0.1) is 0 Å². The number of benzene rings is 1. The zero-order valence-electron chi connectivity index (χ0n) is 9.50. The summed E-state index contributed by atoms with van der Waals surface area (Å²) in [6.07, 6.45) is 0. The molecule has 0 unspecified atom stereocenters. The quantitative estimate of drug-likeness (QED) is 0.420. The molecule has 18 heavy (non-hydrogen) atoms. The number of carboxylic acids is 2. The molecule has 86 valence electrons. The van der Waals surface area contributed by atoms with Gasteiger partial charge in [0.2, 0.25) is 0 Å². The van der Waals surface area contributed by atoms with Gasteiger partial charge >= 0.3 is 143 Å². The Morgan fingerprint density at radius 3 is 2.00 bits per heavy atom. The number of rotatable bonds is 3. The fourth-order valence-electron chi connectivity index (χ4n) is 1.36. The molecule has 0 bridgehead atoms. The van der Waals surface area contributed by atoms with Crippen molar-refractivity contribution in [2.24, 2.45) is 0 Å². The van der Waals surface area contributed by atoms with Crippen molar-refractivity contribution in [3.05, 3.63) is 23.3 Å². The standard InChI is InChI=1S/C8H5O7S.2Na/c9-7(10)4-2-1-3-5(8(11)12)6(4)16(13,14)15;;/h2-3H,(H,9,10)(H,11,12)(H,13,14,15);;/q;;+1/p-1. The molecule has 7 nitrogen and oxygen atoms in total. The monoisotopic (exact) mass is 290 g/mol. The molecule has 0 atom stereocenters. The molecule has 0 saturated carbocycles. The van der Waals surface area contributed by atoms with Gasteiger partial charge in [0, 0.05) is 0 Å². The molecule has 0 spiro atoms. The van der Waals surface area contributed by atoms with Crippen molar-refractivity contribution in [1.29, 1.82) is 0 Å². The SMILES string of the molecule is O=C([O-])c1c[c]([Na])cc(C(=O)O)c1S(=O)(=O)O.[Na+]. The van der Waals surface area contributed by atoms with Crippen LogP contribution in [0.5, 0.6) is 0 Å². The predicted molar refractivity (Wildman–Crippen MR) is 52.9 cm³/mol. The molecule has 10 heteroatoms. The molecule has 2 N–H and O–H groups in total. The summed E-state index contributed by atoms with van der Waals surface area (Å²) in [5, 5.41) is 19.5. The molecule has 0 saturated heterocycles. The summed E-state index contributed by atoms with van der Waals surface area (Å²) in [6, 6.07) is 1.97. The molecular weight excluding hydrogens is 286 g/mol. The first-order valence-corrected chi connectivity index (χ1v) is 6.65. The van der Waals surface area contributed by atoms with Gasteiger partial charge in [0.05, 0.1) is 0 Å². The van der Waals surface area contributed by atoms with E-state index in [0.29, 0.717) is 30.7 Å². The van der Waals surface area contributed by atoms with Gasteiger partial charge in [0.1, 0.15) is 0 Å². The minimum absolute atomic E-state index is 0. The maximum atomic E-state index is 11.0. The summed E-state index contributed by atoms with van der Waals surface area (Å²) < 4.78 is 31.2. The molecule has 1 aromatic rings. The van der Waals surface area contributed by atoms with Crippen molar-refractivity contribution < 1.29 is 62.3 Å². The van der Waals surface area contributed by atoms with Gasteiger partial charge in [0.15, 0.2) is 0 Å². The number of carbonyl (C=O) groups is 2. The number of hydrogen-bond acceptors (Lipinski definition) is 5. The Bertz CT molecular complexity index is 573. The van der Waals surface area contributed by atoms with Crippen LogP contribution in [-0.2, 0) is 10.1 Å². The van der Waals surface area contributed by atoms with E-state index in [1.807, 2.05) is 0 Å². The third-order valence-electron chi connectivity index (χ3n) is 1.94. The van der Waals surface area contributed by atoms with E-state index >= 15 is 0 Å². The fourth-order valence-corrected chi connectivity index (χ4v) is 2.78. The Hall–Kier alpha value is 0.0700. The average Bonchev–Trinajstić information content (AvgIpc) is 2.14. The third-order valence-corrected chi connectivity index (χ3v) is 3.47. The molecule has 0 heterocycles. The number of carboxylic acid groups (broad SMARTS) is 2. The summed E-state index contributed by atoms with van der Waals surface area (Å²) in [4.78, 5) is 20.4. The van der Waals surface area contributed by atoms with Gasteiger partial charge in [-0.2, -0.15) is 0 Å². The maximum Gasteiger partial charge on any atom is 1.00 e. The van der Waals surface area contributed by atoms with Gasteiger partial charge in [-0.15, -0.1) is 0 Å². The topological polar surface area (TPSA) is 132 Å². The van der Waals surface area contributed by atoms with Crippen molar-refractivity contribution >= 4 is 52.8 Å². The molecule has 0 aliphatic rings. The van der Waals surface area contributed by atoms with Gasteiger partial charge in [-0.3, -0.25) is 0 Å². The molecule has 0 aliphatic heterocycles. The molecular formula is C8H4Na2O7S. The van der Waals surface area contributed by atoms with E-state index in [2.05, 4.69) is 0 Å². The average molecular weight is 290 g/mol. The molecule has 0 fully saturated rings. The third kappa shape index (κ3) is 4.04. The van der Waals surface area contributed by atoms with Gasteiger partial charge in [-0.05, 0) is 0 Å². The summed E-state index contributed by atoms with van der Waals surface area (Å²) in [5.74, 6) is -3.50. The van der Waals surface area contributed by atoms with Crippen LogP contribution in [-0.4, -0.2) is 57.9 Å². The van der Waals surface area contributed by atoms with E-state index in [1.54, 1.807) is 0 Å². The molecule has 1 aromatic carbocycles. The minimum Gasteiger partial charge on any atom is 1.00 e. The first kappa shape index (κ1) is 18.1. The number of aromatic carboxylic acids is 2. The maximum absolute atomic E-state index is 11.0. The van der Waals surface area contributed by atoms with Crippen LogP contribution in [0.2, 0.25) is 0 Å². The summed E-state index contributed by atoms with van der Waals surface area (Å²) in [7, 11) is -4.96. The molecule has 0 aromatic heterocycles. The van der Waals surface area contributed by atoms with Crippen molar-refractivity contribution in [1.82, 2.24) is 0 Å². The van der Waals surface area contributed by atoms with E-state index in [4.69, 9.17) is 9.66 Å².